The number of aliphatic carboxylic acids is 2. The number of nitrogens with one attached hydrogen (secondary N) is 2. The van der Waals surface area contributed by atoms with Crippen molar-refractivity contribution < 1.29 is 29.4 Å². The zero-order valence-corrected chi connectivity index (χ0v) is 14.0. The molecule has 8 nitrogen and oxygen atoms in total. The number of rotatable bonds is 11. The number of hydrogen-bond acceptors (Lipinski definition) is 6. The van der Waals surface area contributed by atoms with Crippen molar-refractivity contribution in [3.8, 4) is 0 Å². The molecule has 0 aliphatic heterocycles. The highest BCUT2D eigenvalue weighted by molar-refractivity contribution is 8.76. The first kappa shape index (κ1) is 20.6. The maximum absolute atomic E-state index is 11.2. The van der Waals surface area contributed by atoms with Crippen molar-refractivity contribution in [1.29, 1.82) is 0 Å². The van der Waals surface area contributed by atoms with Gasteiger partial charge in [0.1, 0.15) is 12.1 Å². The zero-order valence-electron chi connectivity index (χ0n) is 12.3. The van der Waals surface area contributed by atoms with Gasteiger partial charge in [0, 0.05) is 24.3 Å². The number of carbonyl (C=O) groups excluding carboxylic acids is 2. The van der Waals surface area contributed by atoms with Crippen molar-refractivity contribution in [2.75, 3.05) is 11.5 Å². The molecule has 0 fully saturated rings. The Morgan fingerprint density at radius 3 is 1.36 bits per heavy atom. The molecule has 0 bridgehead atoms. The molecule has 0 unspecified atom stereocenters. The first-order valence-corrected chi connectivity index (χ1v) is 9.09. The molecule has 0 rings (SSSR count). The fourth-order valence-electron chi connectivity index (χ4n) is 1.17. The Morgan fingerprint density at radius 1 is 0.818 bits per heavy atom. The van der Waals surface area contributed by atoms with E-state index in [-0.39, 0.29) is 36.2 Å². The van der Waals surface area contributed by atoms with Crippen LogP contribution in [0.4, 0.5) is 0 Å². The Labute approximate surface area is 136 Å². The Hall–Kier alpha value is -1.42. The van der Waals surface area contributed by atoms with E-state index in [1.807, 2.05) is 0 Å². The third-order valence-corrected chi connectivity index (χ3v) is 4.88. The number of carbonyl (C=O) groups is 4. The lowest BCUT2D eigenvalue weighted by molar-refractivity contribution is -0.141. The summed E-state index contributed by atoms with van der Waals surface area (Å²) in [5.74, 6) is -2.83. The van der Waals surface area contributed by atoms with Gasteiger partial charge in [-0.2, -0.15) is 0 Å². The third-order valence-electron chi connectivity index (χ3n) is 2.46. The van der Waals surface area contributed by atoms with E-state index in [2.05, 4.69) is 10.6 Å². The van der Waals surface area contributed by atoms with Gasteiger partial charge >= 0.3 is 11.9 Å². The molecule has 126 valence electrons. The van der Waals surface area contributed by atoms with Crippen molar-refractivity contribution in [2.24, 2.45) is 0 Å². The number of carboxylic acids is 2. The monoisotopic (exact) mass is 352 g/mol. The van der Waals surface area contributed by atoms with Gasteiger partial charge in [-0.3, -0.25) is 9.59 Å². The van der Waals surface area contributed by atoms with Crippen molar-refractivity contribution in [1.82, 2.24) is 10.6 Å². The normalized spacial score (nSPS) is 13.0. The van der Waals surface area contributed by atoms with Crippen LogP contribution >= 0.6 is 21.6 Å². The van der Waals surface area contributed by atoms with Gasteiger partial charge in [0.25, 0.3) is 0 Å². The van der Waals surface area contributed by atoms with E-state index in [0.29, 0.717) is 0 Å². The SMILES string of the molecule is CCC(=O)N[C@@H](CSSC[C@H](NC(=O)CC)C(=O)O)C(=O)O. The summed E-state index contributed by atoms with van der Waals surface area (Å²) in [6.07, 6.45) is 0.372. The van der Waals surface area contributed by atoms with Crippen LogP contribution in [0.1, 0.15) is 26.7 Å². The molecular weight excluding hydrogens is 332 g/mol. The van der Waals surface area contributed by atoms with Gasteiger partial charge in [0.2, 0.25) is 11.8 Å². The fourth-order valence-corrected chi connectivity index (χ4v) is 3.48. The predicted molar refractivity (Wildman–Crippen MR) is 84.6 cm³/mol. The van der Waals surface area contributed by atoms with Crippen LogP contribution in [0.5, 0.6) is 0 Å². The van der Waals surface area contributed by atoms with Crippen LogP contribution in [0.3, 0.4) is 0 Å². The van der Waals surface area contributed by atoms with E-state index in [1.54, 1.807) is 13.8 Å². The average molecular weight is 352 g/mol. The zero-order chi connectivity index (χ0) is 17.1. The molecule has 0 spiro atoms. The van der Waals surface area contributed by atoms with Gasteiger partial charge in [-0.05, 0) is 0 Å². The van der Waals surface area contributed by atoms with Crippen LogP contribution < -0.4 is 10.6 Å². The number of carboxylic acid groups (broad SMARTS) is 2. The molecule has 2 atom stereocenters. The summed E-state index contributed by atoms with van der Waals surface area (Å²) in [6.45, 7) is 3.23. The molecule has 0 saturated carbocycles. The van der Waals surface area contributed by atoms with Crippen LogP contribution in [0.25, 0.3) is 0 Å². The smallest absolute Gasteiger partial charge is 0.327 e. The summed E-state index contributed by atoms with van der Waals surface area (Å²) in [5.41, 5.74) is 0. The minimum absolute atomic E-state index is 0.0970. The lowest BCUT2D eigenvalue weighted by Crippen LogP contribution is -2.43. The maximum Gasteiger partial charge on any atom is 0.327 e. The maximum atomic E-state index is 11.2. The molecule has 0 heterocycles. The summed E-state index contributed by atoms with van der Waals surface area (Å²) >= 11 is 0. The van der Waals surface area contributed by atoms with E-state index in [4.69, 9.17) is 10.2 Å². The lowest BCUT2D eigenvalue weighted by atomic mass is 10.3. The fraction of sp³-hybridized carbons (Fsp3) is 0.667. The highest BCUT2D eigenvalue weighted by Crippen LogP contribution is 2.23. The van der Waals surface area contributed by atoms with Gasteiger partial charge in [0.15, 0.2) is 0 Å². The second-order valence-corrected chi connectivity index (χ2v) is 6.75. The van der Waals surface area contributed by atoms with Crippen molar-refractivity contribution in [3.63, 3.8) is 0 Å². The van der Waals surface area contributed by atoms with Gasteiger partial charge in [-0.1, -0.05) is 35.4 Å². The van der Waals surface area contributed by atoms with Crippen LogP contribution in [-0.4, -0.2) is 57.6 Å². The lowest BCUT2D eigenvalue weighted by Gasteiger charge is -2.15. The standard InChI is InChI=1S/C12H20N2O6S2/c1-3-9(15)13-7(11(17)18)5-21-22-6-8(12(19)20)14-10(16)4-2/h7-8H,3-6H2,1-2H3,(H,13,15)(H,14,16)(H,17,18)(H,19,20)/t7-,8-/m0/s1. The summed E-state index contributed by atoms with van der Waals surface area (Å²) in [6, 6.07) is -2.06. The summed E-state index contributed by atoms with van der Waals surface area (Å²) in [4.78, 5) is 44.4. The Bertz CT molecular complexity index is 380. The van der Waals surface area contributed by atoms with E-state index >= 15 is 0 Å². The van der Waals surface area contributed by atoms with E-state index in [9.17, 15) is 19.2 Å². The first-order valence-electron chi connectivity index (χ1n) is 6.60. The summed E-state index contributed by atoms with van der Waals surface area (Å²) < 4.78 is 0. The molecule has 10 heteroatoms. The van der Waals surface area contributed by atoms with Gasteiger partial charge in [-0.25, -0.2) is 9.59 Å². The molecule has 0 aliphatic rings. The van der Waals surface area contributed by atoms with Crippen molar-refractivity contribution >= 4 is 45.3 Å². The average Bonchev–Trinajstić information content (AvgIpc) is 2.47. The molecule has 22 heavy (non-hydrogen) atoms. The molecule has 0 saturated heterocycles. The second-order valence-electron chi connectivity index (χ2n) is 4.19. The minimum Gasteiger partial charge on any atom is -0.480 e. The quantitative estimate of drug-likeness (QED) is 0.309. The van der Waals surface area contributed by atoms with Crippen molar-refractivity contribution in [3.05, 3.63) is 0 Å². The van der Waals surface area contributed by atoms with Crippen LogP contribution in [0, 0.1) is 0 Å². The highest BCUT2D eigenvalue weighted by Gasteiger charge is 2.22. The largest absolute Gasteiger partial charge is 0.480 e. The van der Waals surface area contributed by atoms with Crippen LogP contribution in [0.15, 0.2) is 0 Å². The van der Waals surface area contributed by atoms with E-state index in [0.717, 1.165) is 21.6 Å². The molecule has 2 amide bonds. The van der Waals surface area contributed by atoms with E-state index < -0.39 is 24.0 Å². The molecule has 0 aromatic rings. The van der Waals surface area contributed by atoms with Crippen molar-refractivity contribution in [2.45, 2.75) is 38.8 Å². The number of hydrogen-bond donors (Lipinski definition) is 4. The summed E-state index contributed by atoms with van der Waals surface area (Å²) in [5, 5.41) is 22.7. The molecule has 4 N–H and O–H groups in total. The highest BCUT2D eigenvalue weighted by atomic mass is 33.1. The topological polar surface area (TPSA) is 133 Å². The third kappa shape index (κ3) is 8.78. The Kier molecular flexibility index (Phi) is 10.5. The summed E-state index contributed by atoms with van der Waals surface area (Å²) in [7, 11) is 2.26. The molecule has 0 aliphatic carbocycles. The van der Waals surface area contributed by atoms with Gasteiger partial charge in [0.05, 0.1) is 0 Å². The van der Waals surface area contributed by atoms with Gasteiger partial charge in [-0.15, -0.1) is 0 Å². The van der Waals surface area contributed by atoms with E-state index in [1.165, 1.54) is 0 Å². The van der Waals surface area contributed by atoms with Crippen LogP contribution in [0.2, 0.25) is 0 Å². The molecule has 0 aromatic heterocycles. The molecular formula is C12H20N2O6S2. The molecule has 0 radical (unpaired) electrons. The predicted octanol–water partition coefficient (Wildman–Crippen LogP) is 0.327. The van der Waals surface area contributed by atoms with Crippen LogP contribution in [-0.2, 0) is 19.2 Å². The van der Waals surface area contributed by atoms with Gasteiger partial charge < -0.3 is 20.8 Å². The Balaban J connectivity index is 4.24. The number of amides is 2. The Morgan fingerprint density at radius 2 is 1.14 bits per heavy atom. The second kappa shape index (κ2) is 11.2. The molecule has 0 aromatic carbocycles. The first-order chi connectivity index (χ1) is 10.3. The minimum atomic E-state index is -1.15.